The van der Waals surface area contributed by atoms with Crippen LogP contribution in [0.25, 0.3) is 0 Å². The predicted molar refractivity (Wildman–Crippen MR) is 77.9 cm³/mol. The molecule has 2 aromatic heterocycles. The Morgan fingerprint density at radius 2 is 1.64 bits per heavy atom. The van der Waals surface area contributed by atoms with Gasteiger partial charge >= 0.3 is 12.0 Å². The zero-order valence-electron chi connectivity index (χ0n) is 12.9. The molecule has 14 heteroatoms. The van der Waals surface area contributed by atoms with Gasteiger partial charge in [-0.1, -0.05) is 0 Å². The number of amides is 2. The Kier molecular flexibility index (Phi) is 6.44. The molecule has 2 atom stereocenters. The third kappa shape index (κ3) is 5.92. The molecule has 2 heterocycles. The van der Waals surface area contributed by atoms with Crippen LogP contribution in [0.5, 0.6) is 0 Å². The zero-order valence-corrected chi connectivity index (χ0v) is 12.9. The van der Waals surface area contributed by atoms with Gasteiger partial charge in [-0.2, -0.15) is 0 Å². The Balaban J connectivity index is 1.79. The van der Waals surface area contributed by atoms with E-state index in [1.165, 1.54) is 0 Å². The molecule has 14 nitrogen and oxygen atoms in total. The molecule has 5 N–H and O–H groups in total. The van der Waals surface area contributed by atoms with E-state index in [9.17, 15) is 19.5 Å². The summed E-state index contributed by atoms with van der Waals surface area (Å²) in [6.07, 6.45) is 1.47. The summed E-state index contributed by atoms with van der Waals surface area (Å²) in [5.74, 6) is -0.337. The van der Waals surface area contributed by atoms with Crippen LogP contribution in [-0.4, -0.2) is 76.7 Å². The summed E-state index contributed by atoms with van der Waals surface area (Å²) >= 11 is 0. The number of urea groups is 1. The first kappa shape index (κ1) is 17.9. The standard InChI is InChI=1S/C11H16N10O4/c22-5-6(1-3-8-14-18-19-15-8)12-11(25)13-7(10(23)24)2-4-9-16-20-21-17-9/h5-7H,1-4H2,(H,23,24)(H2,12,13,25)(H,14,15,18,19)(H,16,17,20,21)/t6?,7-/m0/s1. The molecule has 25 heavy (non-hydrogen) atoms. The first-order valence-corrected chi connectivity index (χ1v) is 7.28. The maximum Gasteiger partial charge on any atom is 0.326 e. The highest BCUT2D eigenvalue weighted by Gasteiger charge is 2.22. The third-order valence-corrected chi connectivity index (χ3v) is 3.22. The van der Waals surface area contributed by atoms with Crippen molar-refractivity contribution in [3.05, 3.63) is 11.6 Å². The minimum Gasteiger partial charge on any atom is -0.480 e. The molecular formula is C11H16N10O4. The molecule has 0 aliphatic heterocycles. The van der Waals surface area contributed by atoms with E-state index in [1.54, 1.807) is 0 Å². The van der Waals surface area contributed by atoms with Crippen molar-refractivity contribution in [2.45, 2.75) is 37.8 Å². The Morgan fingerprint density at radius 1 is 1.04 bits per heavy atom. The molecule has 2 aromatic rings. The van der Waals surface area contributed by atoms with Gasteiger partial charge < -0.3 is 20.5 Å². The van der Waals surface area contributed by atoms with E-state index in [4.69, 9.17) is 0 Å². The van der Waals surface area contributed by atoms with E-state index in [2.05, 4.69) is 51.9 Å². The molecule has 0 aliphatic carbocycles. The van der Waals surface area contributed by atoms with Crippen LogP contribution in [0.2, 0.25) is 0 Å². The van der Waals surface area contributed by atoms with Gasteiger partial charge in [0.15, 0.2) is 0 Å². The van der Waals surface area contributed by atoms with Gasteiger partial charge in [-0.3, -0.25) is 0 Å². The molecule has 134 valence electrons. The Hall–Kier alpha value is -3.45. The van der Waals surface area contributed by atoms with E-state index in [0.717, 1.165) is 0 Å². The summed E-state index contributed by atoms with van der Waals surface area (Å²) in [5.41, 5.74) is 0. The lowest BCUT2D eigenvalue weighted by Crippen LogP contribution is -2.49. The van der Waals surface area contributed by atoms with E-state index < -0.39 is 24.1 Å². The summed E-state index contributed by atoms with van der Waals surface area (Å²) in [7, 11) is 0. The largest absolute Gasteiger partial charge is 0.480 e. The summed E-state index contributed by atoms with van der Waals surface area (Å²) in [6, 6.07) is -2.73. The Morgan fingerprint density at radius 3 is 2.12 bits per heavy atom. The molecule has 0 spiro atoms. The topological polar surface area (TPSA) is 204 Å². The van der Waals surface area contributed by atoms with Crippen LogP contribution >= 0.6 is 0 Å². The van der Waals surface area contributed by atoms with E-state index in [-0.39, 0.29) is 19.3 Å². The number of aliphatic carboxylic acids is 1. The summed E-state index contributed by atoms with van der Waals surface area (Å²) in [5, 5.41) is 39.7. The lowest BCUT2D eigenvalue weighted by molar-refractivity contribution is -0.139. The number of carbonyl (C=O) groups excluding carboxylic acids is 2. The fraction of sp³-hybridized carbons (Fsp3) is 0.545. The number of nitrogens with zero attached hydrogens (tertiary/aromatic N) is 6. The van der Waals surface area contributed by atoms with Crippen molar-refractivity contribution in [2.75, 3.05) is 0 Å². The van der Waals surface area contributed by atoms with Gasteiger partial charge in [-0.25, -0.2) is 19.8 Å². The Bertz CT molecular complexity index is 673. The van der Waals surface area contributed by atoms with Crippen LogP contribution in [-0.2, 0) is 22.4 Å². The van der Waals surface area contributed by atoms with Gasteiger partial charge in [-0.05, 0) is 33.7 Å². The highest BCUT2D eigenvalue weighted by Crippen LogP contribution is 2.00. The van der Waals surface area contributed by atoms with Gasteiger partial charge in [0.2, 0.25) is 0 Å². The van der Waals surface area contributed by atoms with Gasteiger partial charge in [0, 0.05) is 12.8 Å². The Labute approximate surface area is 140 Å². The molecule has 0 saturated heterocycles. The molecule has 2 rings (SSSR count). The number of carboxylic acids is 1. The fourth-order valence-corrected chi connectivity index (χ4v) is 1.94. The molecule has 2 amide bonds. The van der Waals surface area contributed by atoms with E-state index in [1.807, 2.05) is 0 Å². The minimum absolute atomic E-state index is 0.0785. The van der Waals surface area contributed by atoms with Gasteiger partial charge in [0.1, 0.15) is 24.0 Å². The minimum atomic E-state index is -1.21. The van der Waals surface area contributed by atoms with Crippen LogP contribution in [0.1, 0.15) is 24.5 Å². The lowest BCUT2D eigenvalue weighted by Gasteiger charge is -2.17. The zero-order chi connectivity index (χ0) is 18.1. The SMILES string of the molecule is O=CC(CCc1nnn[nH]1)NC(=O)N[C@@H](CCc1nnn[nH]1)C(=O)O. The number of aldehydes is 1. The number of aryl methyl sites for hydroxylation is 2. The number of aromatic amines is 2. The molecule has 0 aliphatic rings. The lowest BCUT2D eigenvalue weighted by atomic mass is 10.1. The number of carbonyl (C=O) groups is 3. The fourth-order valence-electron chi connectivity index (χ4n) is 1.94. The van der Waals surface area contributed by atoms with Gasteiger partial charge in [0.05, 0.1) is 6.04 Å². The summed E-state index contributed by atoms with van der Waals surface area (Å²) in [4.78, 5) is 34.2. The maximum atomic E-state index is 11.9. The summed E-state index contributed by atoms with van der Waals surface area (Å²) in [6.45, 7) is 0. The van der Waals surface area contributed by atoms with Crippen molar-refractivity contribution in [1.82, 2.24) is 51.9 Å². The van der Waals surface area contributed by atoms with Gasteiger partial charge in [0.25, 0.3) is 0 Å². The van der Waals surface area contributed by atoms with Crippen LogP contribution in [0, 0.1) is 0 Å². The van der Waals surface area contributed by atoms with Crippen molar-refractivity contribution in [2.24, 2.45) is 0 Å². The first-order chi connectivity index (χ1) is 12.1. The number of aromatic nitrogens is 8. The molecule has 1 unspecified atom stereocenters. The molecule has 0 bridgehead atoms. The third-order valence-electron chi connectivity index (χ3n) is 3.22. The quantitative estimate of drug-likeness (QED) is 0.286. The smallest absolute Gasteiger partial charge is 0.326 e. The highest BCUT2D eigenvalue weighted by molar-refractivity contribution is 5.84. The van der Waals surface area contributed by atoms with Crippen LogP contribution in [0.15, 0.2) is 0 Å². The molecule has 0 saturated carbocycles. The highest BCUT2D eigenvalue weighted by atomic mass is 16.4. The second-order valence-electron chi connectivity index (χ2n) is 5.02. The number of nitrogens with one attached hydrogen (secondary N) is 4. The van der Waals surface area contributed by atoms with Crippen molar-refractivity contribution >= 4 is 18.3 Å². The molecule has 0 aromatic carbocycles. The first-order valence-electron chi connectivity index (χ1n) is 7.28. The van der Waals surface area contributed by atoms with Crippen molar-refractivity contribution in [1.29, 1.82) is 0 Å². The van der Waals surface area contributed by atoms with Crippen LogP contribution in [0.3, 0.4) is 0 Å². The average molecular weight is 352 g/mol. The number of tetrazole rings is 2. The van der Waals surface area contributed by atoms with E-state index in [0.29, 0.717) is 24.4 Å². The number of H-pyrrole nitrogens is 2. The molecular weight excluding hydrogens is 336 g/mol. The summed E-state index contributed by atoms with van der Waals surface area (Å²) < 4.78 is 0. The van der Waals surface area contributed by atoms with Crippen molar-refractivity contribution in [3.8, 4) is 0 Å². The van der Waals surface area contributed by atoms with Crippen LogP contribution < -0.4 is 10.6 Å². The monoisotopic (exact) mass is 352 g/mol. The van der Waals surface area contributed by atoms with Gasteiger partial charge in [-0.15, -0.1) is 10.2 Å². The van der Waals surface area contributed by atoms with Crippen LogP contribution in [0.4, 0.5) is 4.79 Å². The predicted octanol–water partition coefficient (Wildman–Crippen LogP) is -2.40. The number of hydrogen-bond donors (Lipinski definition) is 5. The second kappa shape index (κ2) is 8.99. The number of rotatable bonds is 10. The number of hydrogen-bond acceptors (Lipinski definition) is 9. The maximum absolute atomic E-state index is 11.9. The molecule has 0 radical (unpaired) electrons. The van der Waals surface area contributed by atoms with Crippen molar-refractivity contribution in [3.63, 3.8) is 0 Å². The number of carboxylic acid groups (broad SMARTS) is 1. The molecule has 0 fully saturated rings. The normalized spacial score (nSPS) is 13.0. The van der Waals surface area contributed by atoms with Crippen molar-refractivity contribution < 1.29 is 19.5 Å². The second-order valence-corrected chi connectivity index (χ2v) is 5.02. The van der Waals surface area contributed by atoms with E-state index >= 15 is 0 Å². The average Bonchev–Trinajstić information content (AvgIpc) is 3.28.